The van der Waals surface area contributed by atoms with Crippen LogP contribution >= 0.6 is 0 Å². The molecule has 0 saturated carbocycles. The summed E-state index contributed by atoms with van der Waals surface area (Å²) < 4.78 is 1.46. The number of hydrogen-bond acceptors (Lipinski definition) is 3. The molecule has 0 bridgehead atoms. The maximum Gasteiger partial charge on any atom is 0.341 e. The fraction of sp³-hybridized carbons (Fsp3) is 0.300. The number of aryl methyl sites for hydroxylation is 1. The Kier molecular flexibility index (Phi) is 3.38. The summed E-state index contributed by atoms with van der Waals surface area (Å²) in [6.07, 6.45) is 3.21. The van der Waals surface area contributed by atoms with Crippen LogP contribution in [0.2, 0.25) is 0 Å². The molecular weight excluding hydrogens is 194 g/mol. The zero-order valence-electron chi connectivity index (χ0n) is 8.93. The van der Waals surface area contributed by atoms with Gasteiger partial charge in [0.2, 0.25) is 0 Å². The zero-order chi connectivity index (χ0) is 11.4. The van der Waals surface area contributed by atoms with E-state index in [4.69, 9.17) is 5.11 Å². The molecule has 0 aliphatic carbocycles. The number of rotatable bonds is 1. The van der Waals surface area contributed by atoms with Crippen molar-refractivity contribution in [3.8, 4) is 0 Å². The number of fused-ring (bicyclic) bond motifs is 1. The first-order chi connectivity index (χ1) is 7.20. The van der Waals surface area contributed by atoms with E-state index in [1.807, 2.05) is 13.8 Å². The number of carboxylic acid groups (broad SMARTS) is 1. The predicted octanol–water partition coefficient (Wildman–Crippen LogP) is 1.76. The van der Waals surface area contributed by atoms with Gasteiger partial charge in [-0.25, -0.2) is 14.3 Å². The van der Waals surface area contributed by atoms with Crippen LogP contribution in [0.25, 0.3) is 5.65 Å². The molecule has 5 heteroatoms. The lowest BCUT2D eigenvalue weighted by Gasteiger charge is -1.90. The first kappa shape index (κ1) is 11.2. The fourth-order valence-electron chi connectivity index (χ4n) is 1.25. The van der Waals surface area contributed by atoms with Gasteiger partial charge in [-0.15, -0.1) is 0 Å². The average molecular weight is 207 g/mol. The monoisotopic (exact) mass is 207 g/mol. The normalized spacial score (nSPS) is 9.53. The van der Waals surface area contributed by atoms with Crippen LogP contribution < -0.4 is 0 Å². The Morgan fingerprint density at radius 2 is 2.13 bits per heavy atom. The SMILES string of the molecule is CC.Cc1nn2cccnc2c1C(=O)O. The molecule has 0 unspecified atom stereocenters. The molecule has 15 heavy (non-hydrogen) atoms. The smallest absolute Gasteiger partial charge is 0.341 e. The van der Waals surface area contributed by atoms with Gasteiger partial charge in [-0.05, 0) is 13.0 Å². The Morgan fingerprint density at radius 1 is 1.47 bits per heavy atom. The second-order valence-electron chi connectivity index (χ2n) is 2.65. The van der Waals surface area contributed by atoms with Crippen LogP contribution in [0.3, 0.4) is 0 Å². The molecule has 0 atom stereocenters. The van der Waals surface area contributed by atoms with Crippen LogP contribution in [0.5, 0.6) is 0 Å². The molecule has 0 aliphatic heterocycles. The highest BCUT2D eigenvalue weighted by Crippen LogP contribution is 2.11. The van der Waals surface area contributed by atoms with Crippen LogP contribution in [0, 0.1) is 6.92 Å². The van der Waals surface area contributed by atoms with Crippen molar-refractivity contribution < 1.29 is 9.90 Å². The van der Waals surface area contributed by atoms with Gasteiger partial charge in [-0.2, -0.15) is 5.10 Å². The molecule has 0 saturated heterocycles. The van der Waals surface area contributed by atoms with E-state index < -0.39 is 5.97 Å². The van der Waals surface area contributed by atoms with Crippen molar-refractivity contribution in [3.63, 3.8) is 0 Å². The van der Waals surface area contributed by atoms with E-state index in [1.165, 1.54) is 4.52 Å². The molecule has 0 spiro atoms. The summed E-state index contributed by atoms with van der Waals surface area (Å²) in [6.45, 7) is 5.65. The molecule has 2 rings (SSSR count). The molecule has 0 aliphatic rings. The van der Waals surface area contributed by atoms with E-state index in [2.05, 4.69) is 10.1 Å². The Hall–Kier alpha value is -1.91. The van der Waals surface area contributed by atoms with Crippen molar-refractivity contribution in [3.05, 3.63) is 29.7 Å². The molecule has 1 N–H and O–H groups in total. The molecule has 0 amide bonds. The lowest BCUT2D eigenvalue weighted by atomic mass is 10.2. The van der Waals surface area contributed by atoms with Crippen molar-refractivity contribution in [2.45, 2.75) is 20.8 Å². The minimum absolute atomic E-state index is 0.167. The van der Waals surface area contributed by atoms with Gasteiger partial charge < -0.3 is 5.11 Å². The highest BCUT2D eigenvalue weighted by atomic mass is 16.4. The van der Waals surface area contributed by atoms with Crippen LogP contribution in [0.15, 0.2) is 18.5 Å². The third-order valence-corrected chi connectivity index (χ3v) is 1.78. The van der Waals surface area contributed by atoms with Gasteiger partial charge in [0.05, 0.1) is 5.69 Å². The van der Waals surface area contributed by atoms with Gasteiger partial charge in [-0.3, -0.25) is 0 Å². The van der Waals surface area contributed by atoms with Crippen LogP contribution in [0.1, 0.15) is 29.9 Å². The largest absolute Gasteiger partial charge is 0.477 e. The van der Waals surface area contributed by atoms with E-state index in [-0.39, 0.29) is 5.56 Å². The molecule has 2 heterocycles. The number of nitrogens with zero attached hydrogens (tertiary/aromatic N) is 3. The number of carboxylic acids is 1. The molecule has 2 aromatic rings. The van der Waals surface area contributed by atoms with E-state index in [0.717, 1.165) is 0 Å². The Bertz CT molecular complexity index is 476. The molecule has 2 aromatic heterocycles. The van der Waals surface area contributed by atoms with Crippen LogP contribution in [-0.4, -0.2) is 25.7 Å². The molecule has 5 nitrogen and oxygen atoms in total. The number of aromatic nitrogens is 3. The lowest BCUT2D eigenvalue weighted by Crippen LogP contribution is -1.98. The fourth-order valence-corrected chi connectivity index (χ4v) is 1.25. The number of carbonyl (C=O) groups is 1. The topological polar surface area (TPSA) is 67.5 Å². The summed E-state index contributed by atoms with van der Waals surface area (Å²) in [6, 6.07) is 1.70. The van der Waals surface area contributed by atoms with Crippen molar-refractivity contribution in [2.24, 2.45) is 0 Å². The highest BCUT2D eigenvalue weighted by Gasteiger charge is 2.16. The van der Waals surface area contributed by atoms with E-state index >= 15 is 0 Å². The van der Waals surface area contributed by atoms with Crippen LogP contribution in [0.4, 0.5) is 0 Å². The summed E-state index contributed by atoms with van der Waals surface area (Å²) in [4.78, 5) is 14.7. The minimum Gasteiger partial charge on any atom is -0.477 e. The van der Waals surface area contributed by atoms with E-state index in [0.29, 0.717) is 11.3 Å². The Balaban J connectivity index is 0.000000531. The molecule has 0 aromatic carbocycles. The maximum atomic E-state index is 10.8. The Morgan fingerprint density at radius 3 is 2.73 bits per heavy atom. The van der Waals surface area contributed by atoms with E-state index in [1.54, 1.807) is 25.4 Å². The zero-order valence-corrected chi connectivity index (χ0v) is 8.93. The number of hydrogen-bond donors (Lipinski definition) is 1. The summed E-state index contributed by atoms with van der Waals surface area (Å²) in [5.41, 5.74) is 1.03. The lowest BCUT2D eigenvalue weighted by molar-refractivity contribution is 0.0698. The van der Waals surface area contributed by atoms with Gasteiger partial charge in [0.25, 0.3) is 0 Å². The molecule has 0 fully saturated rings. The Labute approximate surface area is 87.4 Å². The van der Waals surface area contributed by atoms with Crippen molar-refractivity contribution in [1.82, 2.24) is 14.6 Å². The second kappa shape index (κ2) is 4.54. The molecular formula is C10H13N3O2. The summed E-state index contributed by atoms with van der Waals surface area (Å²) >= 11 is 0. The molecule has 80 valence electrons. The standard InChI is InChI=1S/C8H7N3O2.C2H6/c1-5-6(8(12)13)7-9-3-2-4-11(7)10-5;1-2/h2-4H,1H3,(H,12,13);1-2H3. The van der Waals surface area contributed by atoms with Gasteiger partial charge in [0.1, 0.15) is 5.56 Å². The summed E-state index contributed by atoms with van der Waals surface area (Å²) in [7, 11) is 0. The first-order valence-electron chi connectivity index (χ1n) is 4.73. The first-order valence-corrected chi connectivity index (χ1v) is 4.73. The maximum absolute atomic E-state index is 10.8. The highest BCUT2D eigenvalue weighted by molar-refractivity contribution is 5.95. The summed E-state index contributed by atoms with van der Waals surface area (Å²) in [5.74, 6) is -0.994. The third kappa shape index (κ3) is 1.96. The van der Waals surface area contributed by atoms with Crippen molar-refractivity contribution in [1.29, 1.82) is 0 Å². The molecule has 0 radical (unpaired) electrons. The van der Waals surface area contributed by atoms with Gasteiger partial charge in [-0.1, -0.05) is 13.8 Å². The minimum atomic E-state index is -0.994. The van der Waals surface area contributed by atoms with Gasteiger partial charge in [0.15, 0.2) is 5.65 Å². The van der Waals surface area contributed by atoms with Gasteiger partial charge in [0, 0.05) is 12.4 Å². The van der Waals surface area contributed by atoms with Crippen molar-refractivity contribution >= 4 is 11.6 Å². The van der Waals surface area contributed by atoms with E-state index in [9.17, 15) is 4.79 Å². The predicted molar refractivity (Wildman–Crippen MR) is 56.0 cm³/mol. The average Bonchev–Trinajstić information content (AvgIpc) is 2.56. The summed E-state index contributed by atoms with van der Waals surface area (Å²) in [5, 5.41) is 12.9. The van der Waals surface area contributed by atoms with Crippen LogP contribution in [-0.2, 0) is 0 Å². The third-order valence-electron chi connectivity index (χ3n) is 1.78. The quantitative estimate of drug-likeness (QED) is 0.773. The van der Waals surface area contributed by atoms with Gasteiger partial charge >= 0.3 is 5.97 Å². The van der Waals surface area contributed by atoms with Crippen molar-refractivity contribution in [2.75, 3.05) is 0 Å². The second-order valence-corrected chi connectivity index (χ2v) is 2.65. The number of aromatic carboxylic acids is 1.